The van der Waals surface area contributed by atoms with Crippen LogP contribution in [-0.2, 0) is 10.0 Å². The molecule has 0 spiro atoms. The minimum Gasteiger partial charge on any atom is -0.354 e. The maximum absolute atomic E-state index is 12.8. The molecule has 1 aliphatic rings. The van der Waals surface area contributed by atoms with Gasteiger partial charge in [-0.1, -0.05) is 12.1 Å². The largest absolute Gasteiger partial charge is 0.354 e. The lowest BCUT2D eigenvalue weighted by Gasteiger charge is -2.34. The van der Waals surface area contributed by atoms with E-state index in [1.165, 1.54) is 28.7 Å². The Labute approximate surface area is 150 Å². The molecule has 9 nitrogen and oxygen atoms in total. The van der Waals surface area contributed by atoms with Gasteiger partial charge in [-0.2, -0.15) is 9.57 Å². The van der Waals surface area contributed by atoms with Crippen LogP contribution >= 0.6 is 0 Å². The van der Waals surface area contributed by atoms with Gasteiger partial charge in [-0.15, -0.1) is 0 Å². The summed E-state index contributed by atoms with van der Waals surface area (Å²) in [4.78, 5) is 16.1. The summed E-state index contributed by atoms with van der Waals surface area (Å²) in [5, 5.41) is 19.8. The van der Waals surface area contributed by atoms with E-state index in [2.05, 4.69) is 4.98 Å². The standard InChI is InChI=1S/C16H15N5O4S/c17-11-13-3-1-2-4-15(13)26(24,25)20-9-7-19(8-10-20)16-6-5-14(12-18-16)21(22)23/h1-6,12H,7-10H2. The lowest BCUT2D eigenvalue weighted by Crippen LogP contribution is -2.49. The Morgan fingerprint density at radius 1 is 1.12 bits per heavy atom. The Kier molecular flexibility index (Phi) is 4.83. The second-order valence-corrected chi connectivity index (χ2v) is 7.54. The van der Waals surface area contributed by atoms with E-state index in [1.54, 1.807) is 18.2 Å². The SMILES string of the molecule is N#Cc1ccccc1S(=O)(=O)N1CCN(c2ccc([N+](=O)[O-])cn2)CC1. The highest BCUT2D eigenvalue weighted by Crippen LogP contribution is 2.23. The van der Waals surface area contributed by atoms with Gasteiger partial charge >= 0.3 is 0 Å². The van der Waals surface area contributed by atoms with E-state index in [9.17, 15) is 18.5 Å². The second kappa shape index (κ2) is 7.07. The summed E-state index contributed by atoms with van der Waals surface area (Å²) in [6.45, 7) is 1.28. The van der Waals surface area contributed by atoms with Gasteiger partial charge in [0.1, 0.15) is 18.1 Å². The van der Waals surface area contributed by atoms with Crippen LogP contribution in [0.2, 0.25) is 0 Å². The zero-order valence-electron chi connectivity index (χ0n) is 13.6. The molecule has 1 aliphatic heterocycles. The lowest BCUT2D eigenvalue weighted by atomic mass is 10.2. The Morgan fingerprint density at radius 2 is 1.81 bits per heavy atom. The highest BCUT2D eigenvalue weighted by Gasteiger charge is 2.30. The quantitative estimate of drug-likeness (QED) is 0.586. The number of nitro groups is 1. The summed E-state index contributed by atoms with van der Waals surface area (Å²) in [6, 6.07) is 10.9. The van der Waals surface area contributed by atoms with Crippen molar-refractivity contribution in [2.24, 2.45) is 0 Å². The molecule has 2 aromatic rings. The molecule has 0 bridgehead atoms. The molecule has 2 heterocycles. The average Bonchev–Trinajstić information content (AvgIpc) is 2.68. The van der Waals surface area contributed by atoms with E-state index >= 15 is 0 Å². The number of rotatable bonds is 4. The first-order valence-corrected chi connectivity index (χ1v) is 9.22. The number of sulfonamides is 1. The van der Waals surface area contributed by atoms with E-state index in [4.69, 9.17) is 5.26 Å². The summed E-state index contributed by atoms with van der Waals surface area (Å²) >= 11 is 0. The van der Waals surface area contributed by atoms with Gasteiger partial charge in [-0.25, -0.2) is 13.4 Å². The van der Waals surface area contributed by atoms with E-state index in [0.717, 1.165) is 0 Å². The third kappa shape index (κ3) is 3.35. The first-order chi connectivity index (χ1) is 12.4. The molecular weight excluding hydrogens is 358 g/mol. The predicted octanol–water partition coefficient (Wildman–Crippen LogP) is 1.37. The number of pyridine rings is 1. The Bertz CT molecular complexity index is 961. The van der Waals surface area contributed by atoms with Gasteiger partial charge < -0.3 is 4.90 Å². The molecule has 0 atom stereocenters. The van der Waals surface area contributed by atoms with Crippen molar-refractivity contribution in [1.82, 2.24) is 9.29 Å². The van der Waals surface area contributed by atoms with Gasteiger partial charge in [0.2, 0.25) is 10.0 Å². The van der Waals surface area contributed by atoms with Crippen molar-refractivity contribution in [3.05, 3.63) is 58.3 Å². The Morgan fingerprint density at radius 3 is 2.38 bits per heavy atom. The number of hydrogen-bond acceptors (Lipinski definition) is 7. The summed E-state index contributed by atoms with van der Waals surface area (Å²) in [5.74, 6) is 0.560. The van der Waals surface area contributed by atoms with Crippen LogP contribution in [0.15, 0.2) is 47.5 Å². The number of anilines is 1. The fourth-order valence-corrected chi connectivity index (χ4v) is 4.32. The zero-order chi connectivity index (χ0) is 18.7. The van der Waals surface area contributed by atoms with Crippen LogP contribution in [0, 0.1) is 21.4 Å². The van der Waals surface area contributed by atoms with Gasteiger partial charge in [-0.3, -0.25) is 10.1 Å². The molecule has 26 heavy (non-hydrogen) atoms. The summed E-state index contributed by atoms with van der Waals surface area (Å²) in [5.41, 5.74) is 0.0232. The van der Waals surface area contributed by atoms with Crippen molar-refractivity contribution in [3.8, 4) is 6.07 Å². The van der Waals surface area contributed by atoms with Crippen LogP contribution in [0.3, 0.4) is 0 Å². The van der Waals surface area contributed by atoms with E-state index in [-0.39, 0.29) is 29.2 Å². The molecule has 1 fully saturated rings. The number of hydrogen-bond donors (Lipinski definition) is 0. The van der Waals surface area contributed by atoms with Gasteiger partial charge in [-0.05, 0) is 18.2 Å². The summed E-state index contributed by atoms with van der Waals surface area (Å²) < 4.78 is 26.9. The van der Waals surface area contributed by atoms with Crippen LogP contribution in [0.25, 0.3) is 0 Å². The molecule has 10 heteroatoms. The third-order valence-electron chi connectivity index (χ3n) is 4.13. The van der Waals surface area contributed by atoms with E-state index in [1.807, 2.05) is 11.0 Å². The molecule has 1 aromatic carbocycles. The molecule has 1 aromatic heterocycles. The van der Waals surface area contributed by atoms with Gasteiger partial charge in [0.25, 0.3) is 5.69 Å². The van der Waals surface area contributed by atoms with Crippen molar-refractivity contribution in [2.75, 3.05) is 31.1 Å². The topological polar surface area (TPSA) is 120 Å². The first-order valence-electron chi connectivity index (χ1n) is 7.78. The summed E-state index contributed by atoms with van der Waals surface area (Å²) in [6.07, 6.45) is 1.18. The van der Waals surface area contributed by atoms with Crippen LogP contribution in [-0.4, -0.2) is 48.8 Å². The first kappa shape index (κ1) is 17.8. The fraction of sp³-hybridized carbons (Fsp3) is 0.250. The van der Waals surface area contributed by atoms with Gasteiger partial charge in [0, 0.05) is 32.2 Å². The maximum Gasteiger partial charge on any atom is 0.287 e. The highest BCUT2D eigenvalue weighted by molar-refractivity contribution is 7.89. The number of nitriles is 1. The normalized spacial score (nSPS) is 15.4. The maximum atomic E-state index is 12.8. The molecule has 3 rings (SSSR count). The predicted molar refractivity (Wildman–Crippen MR) is 93.0 cm³/mol. The molecule has 0 aliphatic carbocycles. The monoisotopic (exact) mass is 373 g/mol. The van der Waals surface area contributed by atoms with Crippen LogP contribution in [0.5, 0.6) is 0 Å². The molecule has 0 radical (unpaired) electrons. The van der Waals surface area contributed by atoms with Crippen molar-refractivity contribution in [3.63, 3.8) is 0 Å². The minimum atomic E-state index is -3.75. The third-order valence-corrected chi connectivity index (χ3v) is 6.09. The van der Waals surface area contributed by atoms with Gasteiger partial charge in [0.05, 0.1) is 15.4 Å². The highest BCUT2D eigenvalue weighted by atomic mass is 32.2. The average molecular weight is 373 g/mol. The van der Waals surface area contributed by atoms with E-state index < -0.39 is 14.9 Å². The minimum absolute atomic E-state index is 0.00408. The number of nitrogens with zero attached hydrogens (tertiary/aromatic N) is 5. The molecule has 0 N–H and O–H groups in total. The molecule has 0 amide bonds. The van der Waals surface area contributed by atoms with Crippen molar-refractivity contribution in [1.29, 1.82) is 5.26 Å². The van der Waals surface area contributed by atoms with Crippen LogP contribution in [0.1, 0.15) is 5.56 Å². The summed E-state index contributed by atoms with van der Waals surface area (Å²) in [7, 11) is -3.75. The lowest BCUT2D eigenvalue weighted by molar-refractivity contribution is -0.385. The molecular formula is C16H15N5O4S. The van der Waals surface area contributed by atoms with Crippen LogP contribution < -0.4 is 4.90 Å². The molecule has 0 unspecified atom stereocenters. The van der Waals surface area contributed by atoms with Crippen molar-refractivity contribution < 1.29 is 13.3 Å². The van der Waals surface area contributed by atoms with Crippen LogP contribution in [0.4, 0.5) is 11.5 Å². The molecule has 1 saturated heterocycles. The Hall–Kier alpha value is -3.03. The van der Waals surface area contributed by atoms with Gasteiger partial charge in [0.15, 0.2) is 0 Å². The molecule has 0 saturated carbocycles. The van der Waals surface area contributed by atoms with Crippen molar-refractivity contribution >= 4 is 21.5 Å². The Balaban J connectivity index is 1.74. The molecule has 134 valence electrons. The number of piperazine rings is 1. The number of benzene rings is 1. The smallest absolute Gasteiger partial charge is 0.287 e. The second-order valence-electron chi connectivity index (χ2n) is 5.63. The van der Waals surface area contributed by atoms with Crippen molar-refractivity contribution in [2.45, 2.75) is 4.90 Å². The fourth-order valence-electron chi connectivity index (χ4n) is 2.75. The zero-order valence-corrected chi connectivity index (χ0v) is 14.5. The van der Waals surface area contributed by atoms with E-state index in [0.29, 0.717) is 18.9 Å². The number of aromatic nitrogens is 1.